The molecule has 0 spiro atoms. The minimum absolute atomic E-state index is 0.125. The van der Waals surface area contributed by atoms with Crippen molar-refractivity contribution in [2.75, 3.05) is 7.11 Å². The Hall–Kier alpha value is -2.03. The zero-order valence-corrected chi connectivity index (χ0v) is 9.82. The van der Waals surface area contributed by atoms with Crippen molar-refractivity contribution in [3.05, 3.63) is 17.3 Å². The fraction of sp³-hybridized carbons (Fsp3) is 0.400. The number of carboxylic acids is 1. The van der Waals surface area contributed by atoms with Gasteiger partial charge < -0.3 is 20.3 Å². The zero-order chi connectivity index (χ0) is 14.6. The fourth-order valence-corrected chi connectivity index (χ4v) is 1.40. The average Bonchev–Trinajstić information content (AvgIpc) is 2.25. The van der Waals surface area contributed by atoms with Gasteiger partial charge in [0.2, 0.25) is 5.88 Å². The molecule has 0 amide bonds. The third kappa shape index (κ3) is 4.28. The SMILES string of the molecule is COc1cc(OC(F)(F)F)c(CN)c(CC(=O)O)n1. The number of hydrogen-bond acceptors (Lipinski definition) is 5. The number of ether oxygens (including phenoxy) is 2. The third-order valence-corrected chi connectivity index (χ3v) is 2.10. The molecule has 1 aromatic heterocycles. The highest BCUT2D eigenvalue weighted by Gasteiger charge is 2.33. The lowest BCUT2D eigenvalue weighted by Gasteiger charge is -2.15. The Labute approximate surface area is 105 Å². The lowest BCUT2D eigenvalue weighted by Crippen LogP contribution is -2.20. The standard InChI is InChI=1S/C10H11F3N2O4/c1-18-8-3-7(19-10(11,12)13)5(4-14)6(15-8)2-9(16)17/h3H,2,4,14H2,1H3,(H,16,17). The van der Waals surface area contributed by atoms with E-state index in [9.17, 15) is 18.0 Å². The summed E-state index contributed by atoms with van der Waals surface area (Å²) in [6.07, 6.45) is -5.51. The number of hydrogen-bond donors (Lipinski definition) is 2. The molecule has 0 atom stereocenters. The molecular formula is C10H11F3N2O4. The summed E-state index contributed by atoms with van der Waals surface area (Å²) in [6.45, 7) is -0.342. The van der Waals surface area contributed by atoms with Crippen LogP contribution in [0.2, 0.25) is 0 Å². The van der Waals surface area contributed by atoms with E-state index in [4.69, 9.17) is 15.6 Å². The van der Waals surface area contributed by atoms with Gasteiger partial charge in [0.25, 0.3) is 0 Å². The number of nitrogens with two attached hydrogens (primary N) is 1. The van der Waals surface area contributed by atoms with Crippen LogP contribution >= 0.6 is 0 Å². The van der Waals surface area contributed by atoms with Crippen LogP contribution in [0.15, 0.2) is 6.07 Å². The maximum absolute atomic E-state index is 12.2. The number of aliphatic carboxylic acids is 1. The van der Waals surface area contributed by atoms with Gasteiger partial charge in [0.05, 0.1) is 19.2 Å². The molecule has 0 aliphatic heterocycles. The van der Waals surface area contributed by atoms with Crippen LogP contribution in [-0.2, 0) is 17.8 Å². The number of carbonyl (C=O) groups is 1. The van der Waals surface area contributed by atoms with Gasteiger partial charge in [0.1, 0.15) is 5.75 Å². The quantitative estimate of drug-likeness (QED) is 0.838. The molecule has 19 heavy (non-hydrogen) atoms. The zero-order valence-electron chi connectivity index (χ0n) is 9.82. The van der Waals surface area contributed by atoms with Gasteiger partial charge in [-0.05, 0) is 0 Å². The van der Waals surface area contributed by atoms with Crippen LogP contribution in [0.3, 0.4) is 0 Å². The highest BCUT2D eigenvalue weighted by atomic mass is 19.4. The Morgan fingerprint density at radius 2 is 2.16 bits per heavy atom. The van der Waals surface area contributed by atoms with Crippen LogP contribution in [0.4, 0.5) is 13.2 Å². The summed E-state index contributed by atoms with van der Waals surface area (Å²) >= 11 is 0. The Bertz CT molecular complexity index is 477. The topological polar surface area (TPSA) is 94.7 Å². The molecule has 6 nitrogen and oxygen atoms in total. The van der Waals surface area contributed by atoms with Crippen LogP contribution < -0.4 is 15.2 Å². The smallest absolute Gasteiger partial charge is 0.481 e. The van der Waals surface area contributed by atoms with Gasteiger partial charge in [-0.1, -0.05) is 0 Å². The van der Waals surface area contributed by atoms with Crippen LogP contribution in [-0.4, -0.2) is 29.5 Å². The number of carboxylic acid groups (broad SMARTS) is 1. The molecule has 1 aromatic rings. The second kappa shape index (κ2) is 5.74. The van der Waals surface area contributed by atoms with E-state index in [1.54, 1.807) is 0 Å². The lowest BCUT2D eigenvalue weighted by atomic mass is 10.1. The van der Waals surface area contributed by atoms with E-state index in [2.05, 4.69) is 9.72 Å². The summed E-state index contributed by atoms with van der Waals surface area (Å²) in [7, 11) is 1.19. The van der Waals surface area contributed by atoms with Crippen molar-refractivity contribution >= 4 is 5.97 Å². The normalized spacial score (nSPS) is 11.2. The average molecular weight is 280 g/mol. The second-order valence-corrected chi connectivity index (χ2v) is 3.41. The maximum Gasteiger partial charge on any atom is 0.573 e. The van der Waals surface area contributed by atoms with E-state index < -0.39 is 24.5 Å². The molecular weight excluding hydrogens is 269 g/mol. The van der Waals surface area contributed by atoms with Gasteiger partial charge in [0, 0.05) is 18.2 Å². The number of methoxy groups -OCH3 is 1. The van der Waals surface area contributed by atoms with Crippen molar-refractivity contribution in [2.24, 2.45) is 5.73 Å². The van der Waals surface area contributed by atoms with Crippen molar-refractivity contribution in [1.82, 2.24) is 4.98 Å². The van der Waals surface area contributed by atoms with Crippen LogP contribution in [0.5, 0.6) is 11.6 Å². The Kier molecular flexibility index (Phi) is 4.54. The molecule has 106 valence electrons. The van der Waals surface area contributed by atoms with E-state index in [-0.39, 0.29) is 23.7 Å². The number of nitrogens with zero attached hydrogens (tertiary/aromatic N) is 1. The Balaban J connectivity index is 3.30. The lowest BCUT2D eigenvalue weighted by molar-refractivity contribution is -0.274. The molecule has 0 fully saturated rings. The van der Waals surface area contributed by atoms with Crippen molar-refractivity contribution in [1.29, 1.82) is 0 Å². The van der Waals surface area contributed by atoms with Gasteiger partial charge in [0.15, 0.2) is 0 Å². The summed E-state index contributed by atoms with van der Waals surface area (Å²) in [4.78, 5) is 14.4. The third-order valence-electron chi connectivity index (χ3n) is 2.10. The largest absolute Gasteiger partial charge is 0.573 e. The maximum atomic E-state index is 12.2. The molecule has 0 aliphatic carbocycles. The van der Waals surface area contributed by atoms with Crippen LogP contribution in [0, 0.1) is 0 Å². The summed E-state index contributed by atoms with van der Waals surface area (Å²) in [6, 6.07) is 0.904. The molecule has 0 aromatic carbocycles. The van der Waals surface area contributed by atoms with Gasteiger partial charge in [-0.2, -0.15) is 0 Å². The van der Waals surface area contributed by atoms with Gasteiger partial charge in [-0.25, -0.2) is 4.98 Å². The highest BCUT2D eigenvalue weighted by Crippen LogP contribution is 2.31. The second-order valence-electron chi connectivity index (χ2n) is 3.41. The molecule has 3 N–H and O–H groups in total. The Morgan fingerprint density at radius 1 is 1.53 bits per heavy atom. The van der Waals surface area contributed by atoms with E-state index in [1.807, 2.05) is 0 Å². The van der Waals surface area contributed by atoms with Gasteiger partial charge in [-0.15, -0.1) is 13.2 Å². The fourth-order valence-electron chi connectivity index (χ4n) is 1.40. The molecule has 0 saturated heterocycles. The molecule has 1 heterocycles. The monoisotopic (exact) mass is 280 g/mol. The van der Waals surface area contributed by atoms with Crippen LogP contribution in [0.25, 0.3) is 0 Å². The van der Waals surface area contributed by atoms with Gasteiger partial charge >= 0.3 is 12.3 Å². The van der Waals surface area contributed by atoms with E-state index >= 15 is 0 Å². The first-order valence-electron chi connectivity index (χ1n) is 5.01. The first kappa shape index (κ1) is 15.0. The molecule has 0 radical (unpaired) electrons. The summed E-state index contributed by atoms with van der Waals surface area (Å²) in [5.41, 5.74) is 5.06. The highest BCUT2D eigenvalue weighted by molar-refractivity contribution is 5.70. The predicted octanol–water partition coefficient (Wildman–Crippen LogP) is 1.07. The minimum atomic E-state index is -4.92. The number of aromatic nitrogens is 1. The van der Waals surface area contributed by atoms with E-state index in [0.717, 1.165) is 6.07 Å². The summed E-state index contributed by atoms with van der Waals surface area (Å²) < 4.78 is 45.2. The molecule has 0 bridgehead atoms. The van der Waals surface area contributed by atoms with Crippen molar-refractivity contribution in [2.45, 2.75) is 19.3 Å². The molecule has 0 unspecified atom stereocenters. The van der Waals surface area contributed by atoms with E-state index in [1.165, 1.54) is 7.11 Å². The predicted molar refractivity (Wildman–Crippen MR) is 56.7 cm³/mol. The molecule has 0 aliphatic rings. The number of halogens is 3. The first-order chi connectivity index (χ1) is 8.76. The van der Waals surface area contributed by atoms with Crippen molar-refractivity contribution in [3.8, 4) is 11.6 Å². The van der Waals surface area contributed by atoms with Crippen molar-refractivity contribution < 1.29 is 32.5 Å². The molecule has 9 heteroatoms. The van der Waals surface area contributed by atoms with Crippen molar-refractivity contribution in [3.63, 3.8) is 0 Å². The van der Waals surface area contributed by atoms with Crippen LogP contribution in [0.1, 0.15) is 11.3 Å². The first-order valence-corrected chi connectivity index (χ1v) is 5.01. The number of alkyl halides is 3. The number of rotatable bonds is 5. The molecule has 0 saturated carbocycles. The molecule has 1 rings (SSSR count). The van der Waals surface area contributed by atoms with Gasteiger partial charge in [-0.3, -0.25) is 4.79 Å². The Morgan fingerprint density at radius 3 is 2.58 bits per heavy atom. The van der Waals surface area contributed by atoms with E-state index in [0.29, 0.717) is 0 Å². The minimum Gasteiger partial charge on any atom is -0.481 e. The number of pyridine rings is 1. The summed E-state index contributed by atoms with van der Waals surface area (Å²) in [5.74, 6) is -2.06. The summed E-state index contributed by atoms with van der Waals surface area (Å²) in [5, 5.41) is 8.69.